The average molecular weight is 222 g/mol. The van der Waals surface area contributed by atoms with E-state index in [1.54, 1.807) is 5.57 Å². The highest BCUT2D eigenvalue weighted by atomic mass is 16.0. The standard InChI is InChI=1S/C15H24.H2O/c1-9-6-8-12-14(15(12,3)4)13-10(2)5-7-11(9)13;/h10,12-14H,5-8H2,1-4H3;1H2/t10-,12-,13-,14-;/m1./s1. The molecular formula is C15H26O. The van der Waals surface area contributed by atoms with Gasteiger partial charge in [-0.25, -0.2) is 0 Å². The van der Waals surface area contributed by atoms with Crippen molar-refractivity contribution in [3.8, 4) is 0 Å². The second-order valence-corrected chi connectivity index (χ2v) is 6.84. The fraction of sp³-hybridized carbons (Fsp3) is 0.867. The van der Waals surface area contributed by atoms with E-state index in [0.717, 1.165) is 23.7 Å². The predicted molar refractivity (Wildman–Crippen MR) is 68.2 cm³/mol. The first-order valence-corrected chi connectivity index (χ1v) is 6.72. The SMILES string of the molecule is CC1=C2CC[C@@H](C)[C@H]2[C@H]2[C@@H](CC1)C2(C)C.O. The molecule has 4 atom stereocenters. The normalized spacial score (nSPS) is 44.2. The van der Waals surface area contributed by atoms with Crippen LogP contribution in [0.4, 0.5) is 0 Å². The number of allylic oxidation sites excluding steroid dienone is 2. The van der Waals surface area contributed by atoms with E-state index >= 15 is 0 Å². The van der Waals surface area contributed by atoms with Crippen LogP contribution in [0.1, 0.15) is 53.4 Å². The summed E-state index contributed by atoms with van der Waals surface area (Å²) in [5.74, 6) is 3.99. The molecule has 0 bridgehead atoms. The lowest BCUT2D eigenvalue weighted by atomic mass is 9.85. The smallest absolute Gasteiger partial charge is 0.0138 e. The first-order chi connectivity index (χ1) is 7.03. The maximum Gasteiger partial charge on any atom is -0.0138 e. The summed E-state index contributed by atoms with van der Waals surface area (Å²) in [7, 11) is 0. The van der Waals surface area contributed by atoms with E-state index in [-0.39, 0.29) is 5.48 Å². The summed E-state index contributed by atoms with van der Waals surface area (Å²) in [6.45, 7) is 9.90. The zero-order chi connectivity index (χ0) is 10.8. The first-order valence-electron chi connectivity index (χ1n) is 6.72. The van der Waals surface area contributed by atoms with Crippen molar-refractivity contribution < 1.29 is 5.48 Å². The van der Waals surface area contributed by atoms with Gasteiger partial charge in [-0.05, 0) is 61.7 Å². The van der Waals surface area contributed by atoms with E-state index in [0.29, 0.717) is 5.41 Å². The topological polar surface area (TPSA) is 31.5 Å². The van der Waals surface area contributed by atoms with Crippen molar-refractivity contribution in [1.29, 1.82) is 0 Å². The van der Waals surface area contributed by atoms with Gasteiger partial charge in [-0.3, -0.25) is 0 Å². The summed E-state index contributed by atoms with van der Waals surface area (Å²) >= 11 is 0. The van der Waals surface area contributed by atoms with Crippen LogP contribution in [0.3, 0.4) is 0 Å². The second kappa shape index (κ2) is 3.60. The van der Waals surface area contributed by atoms with E-state index in [4.69, 9.17) is 0 Å². The lowest BCUT2D eigenvalue weighted by molar-refractivity contribution is 0.362. The van der Waals surface area contributed by atoms with Gasteiger partial charge in [0.1, 0.15) is 0 Å². The third kappa shape index (κ3) is 1.40. The fourth-order valence-electron chi connectivity index (χ4n) is 4.73. The molecule has 0 aromatic rings. The Labute approximate surface area is 99.6 Å². The van der Waals surface area contributed by atoms with Crippen molar-refractivity contribution >= 4 is 0 Å². The minimum absolute atomic E-state index is 0. The van der Waals surface area contributed by atoms with Crippen LogP contribution in [-0.4, -0.2) is 5.48 Å². The highest BCUT2D eigenvalue weighted by Gasteiger charge is 2.62. The van der Waals surface area contributed by atoms with Crippen LogP contribution in [0.5, 0.6) is 0 Å². The van der Waals surface area contributed by atoms with Gasteiger partial charge >= 0.3 is 0 Å². The Kier molecular flexibility index (Phi) is 2.73. The molecule has 3 aliphatic rings. The highest BCUT2D eigenvalue weighted by Crippen LogP contribution is 2.69. The Bertz CT molecular complexity index is 326. The molecule has 0 heterocycles. The summed E-state index contributed by atoms with van der Waals surface area (Å²) in [6.07, 6.45) is 5.73. The van der Waals surface area contributed by atoms with Gasteiger partial charge in [0.2, 0.25) is 0 Å². The van der Waals surface area contributed by atoms with E-state index in [9.17, 15) is 0 Å². The maximum absolute atomic E-state index is 2.51. The predicted octanol–water partition coefficient (Wildman–Crippen LogP) is 3.59. The van der Waals surface area contributed by atoms with E-state index in [1.807, 2.05) is 5.57 Å². The molecular weight excluding hydrogens is 196 g/mol. The van der Waals surface area contributed by atoms with Gasteiger partial charge in [-0.2, -0.15) is 0 Å². The molecule has 0 radical (unpaired) electrons. The molecule has 3 rings (SSSR count). The lowest BCUT2D eigenvalue weighted by Gasteiger charge is -2.20. The Hall–Kier alpha value is -0.300. The van der Waals surface area contributed by atoms with Gasteiger partial charge in [0.05, 0.1) is 0 Å². The zero-order valence-corrected chi connectivity index (χ0v) is 11.1. The average Bonchev–Trinajstić information content (AvgIpc) is 2.55. The van der Waals surface area contributed by atoms with Crippen molar-refractivity contribution in [3.63, 3.8) is 0 Å². The number of hydrogen-bond acceptors (Lipinski definition) is 0. The Morgan fingerprint density at radius 3 is 2.50 bits per heavy atom. The second-order valence-electron chi connectivity index (χ2n) is 6.84. The molecule has 3 aliphatic carbocycles. The third-order valence-electron chi connectivity index (χ3n) is 5.79. The molecule has 1 nitrogen and oxygen atoms in total. The molecule has 16 heavy (non-hydrogen) atoms. The highest BCUT2D eigenvalue weighted by molar-refractivity contribution is 5.29. The Balaban J connectivity index is 0.000000963. The molecule has 0 aromatic heterocycles. The van der Waals surface area contributed by atoms with Crippen molar-refractivity contribution in [1.82, 2.24) is 0 Å². The molecule has 92 valence electrons. The van der Waals surface area contributed by atoms with Crippen molar-refractivity contribution in [2.45, 2.75) is 53.4 Å². The molecule has 0 spiro atoms. The van der Waals surface area contributed by atoms with E-state index in [1.165, 1.54) is 25.7 Å². The van der Waals surface area contributed by atoms with Gasteiger partial charge in [-0.1, -0.05) is 31.9 Å². The quantitative estimate of drug-likeness (QED) is 0.561. The summed E-state index contributed by atoms with van der Waals surface area (Å²) in [5, 5.41) is 0. The maximum atomic E-state index is 2.51. The van der Waals surface area contributed by atoms with Crippen LogP contribution in [0.2, 0.25) is 0 Å². The first kappa shape index (κ1) is 12.2. The minimum atomic E-state index is 0. The van der Waals surface area contributed by atoms with Crippen LogP contribution in [0.25, 0.3) is 0 Å². The van der Waals surface area contributed by atoms with E-state index in [2.05, 4.69) is 27.7 Å². The lowest BCUT2D eigenvalue weighted by Crippen LogP contribution is -2.12. The molecule has 0 saturated heterocycles. The number of hydrogen-bond donors (Lipinski definition) is 0. The summed E-state index contributed by atoms with van der Waals surface area (Å²) in [5.41, 5.74) is 4.29. The minimum Gasteiger partial charge on any atom is -0.412 e. The van der Waals surface area contributed by atoms with Crippen LogP contribution in [-0.2, 0) is 0 Å². The Morgan fingerprint density at radius 2 is 1.81 bits per heavy atom. The number of rotatable bonds is 0. The number of fused-ring (bicyclic) bond motifs is 3. The molecule has 2 N–H and O–H groups in total. The van der Waals surface area contributed by atoms with Crippen molar-refractivity contribution in [2.75, 3.05) is 0 Å². The molecule has 0 unspecified atom stereocenters. The van der Waals surface area contributed by atoms with Crippen molar-refractivity contribution in [2.24, 2.45) is 29.1 Å². The molecule has 0 aromatic carbocycles. The largest absolute Gasteiger partial charge is 0.412 e. The fourth-order valence-corrected chi connectivity index (χ4v) is 4.73. The van der Waals surface area contributed by atoms with Gasteiger partial charge in [0.15, 0.2) is 0 Å². The summed E-state index contributed by atoms with van der Waals surface area (Å²) in [6, 6.07) is 0. The monoisotopic (exact) mass is 222 g/mol. The molecule has 0 aliphatic heterocycles. The molecule has 0 amide bonds. The molecule has 2 fully saturated rings. The molecule has 2 saturated carbocycles. The van der Waals surface area contributed by atoms with E-state index < -0.39 is 0 Å². The van der Waals surface area contributed by atoms with Gasteiger partial charge < -0.3 is 5.48 Å². The third-order valence-corrected chi connectivity index (χ3v) is 5.79. The van der Waals surface area contributed by atoms with Crippen LogP contribution >= 0.6 is 0 Å². The van der Waals surface area contributed by atoms with Crippen LogP contribution in [0.15, 0.2) is 11.1 Å². The summed E-state index contributed by atoms with van der Waals surface area (Å²) in [4.78, 5) is 0. The molecule has 1 heteroatoms. The summed E-state index contributed by atoms with van der Waals surface area (Å²) < 4.78 is 0. The van der Waals surface area contributed by atoms with Gasteiger partial charge in [0.25, 0.3) is 0 Å². The van der Waals surface area contributed by atoms with Gasteiger partial charge in [-0.15, -0.1) is 0 Å². The Morgan fingerprint density at radius 1 is 1.12 bits per heavy atom. The van der Waals surface area contributed by atoms with Crippen LogP contribution in [0, 0.1) is 29.1 Å². The van der Waals surface area contributed by atoms with Crippen molar-refractivity contribution in [3.05, 3.63) is 11.1 Å². The van der Waals surface area contributed by atoms with Gasteiger partial charge in [0, 0.05) is 0 Å². The zero-order valence-electron chi connectivity index (χ0n) is 11.1. The van der Waals surface area contributed by atoms with Crippen LogP contribution < -0.4 is 0 Å².